The van der Waals surface area contributed by atoms with Gasteiger partial charge in [-0.3, -0.25) is 20.2 Å². The molecule has 1 saturated heterocycles. The quantitative estimate of drug-likeness (QED) is 0.456. The zero-order valence-corrected chi connectivity index (χ0v) is 16.0. The lowest BCUT2D eigenvalue weighted by atomic mass is 10.1. The van der Waals surface area contributed by atoms with Crippen LogP contribution < -0.4 is 15.5 Å². The van der Waals surface area contributed by atoms with Crippen molar-refractivity contribution in [3.63, 3.8) is 0 Å². The van der Waals surface area contributed by atoms with E-state index in [4.69, 9.17) is 17.0 Å². The van der Waals surface area contributed by atoms with Gasteiger partial charge >= 0.3 is 0 Å². The molecule has 1 amide bonds. The van der Waals surface area contributed by atoms with Gasteiger partial charge in [-0.25, -0.2) is 4.98 Å². The van der Waals surface area contributed by atoms with E-state index < -0.39 is 10.8 Å². The predicted octanol–water partition coefficient (Wildman–Crippen LogP) is 2.26. The Morgan fingerprint density at radius 3 is 2.71 bits per heavy atom. The molecule has 10 heteroatoms. The summed E-state index contributed by atoms with van der Waals surface area (Å²) in [6.45, 7) is 4.04. The summed E-state index contributed by atoms with van der Waals surface area (Å²) < 4.78 is 5.28. The molecule has 0 atom stereocenters. The Labute approximate surface area is 166 Å². The van der Waals surface area contributed by atoms with Gasteiger partial charge in [0.2, 0.25) is 0 Å². The van der Waals surface area contributed by atoms with Crippen LogP contribution in [0.5, 0.6) is 0 Å². The summed E-state index contributed by atoms with van der Waals surface area (Å²) in [6.07, 6.45) is 1.62. The zero-order chi connectivity index (χ0) is 20.1. The number of carbonyl (C=O) groups excluding carboxylic acids is 1. The van der Waals surface area contributed by atoms with E-state index in [0.717, 1.165) is 5.56 Å². The van der Waals surface area contributed by atoms with Crippen molar-refractivity contribution in [3.8, 4) is 0 Å². The van der Waals surface area contributed by atoms with Crippen molar-refractivity contribution in [2.24, 2.45) is 0 Å². The average molecular weight is 401 g/mol. The number of pyridine rings is 1. The molecular formula is C18H19N5O4S. The van der Waals surface area contributed by atoms with E-state index in [1.54, 1.807) is 24.4 Å². The van der Waals surface area contributed by atoms with Gasteiger partial charge in [-0.1, -0.05) is 0 Å². The van der Waals surface area contributed by atoms with Gasteiger partial charge in [0.15, 0.2) is 5.11 Å². The molecular weight excluding hydrogens is 382 g/mol. The SMILES string of the molecule is Cc1ccnc(NC(=S)NC(=O)c2ccc(N3CCOCC3)c([N+](=O)[O-])c2)c1. The Morgan fingerprint density at radius 2 is 2.04 bits per heavy atom. The van der Waals surface area contributed by atoms with Gasteiger partial charge in [0.25, 0.3) is 11.6 Å². The van der Waals surface area contributed by atoms with Gasteiger partial charge in [0, 0.05) is 30.9 Å². The smallest absolute Gasteiger partial charge is 0.293 e. The number of aromatic nitrogens is 1. The highest BCUT2D eigenvalue weighted by Crippen LogP contribution is 2.29. The highest BCUT2D eigenvalue weighted by Gasteiger charge is 2.23. The van der Waals surface area contributed by atoms with Crippen molar-refractivity contribution >= 4 is 40.4 Å². The molecule has 3 rings (SSSR count). The third-order valence-electron chi connectivity index (χ3n) is 4.17. The normalized spacial score (nSPS) is 13.7. The number of ether oxygens (including phenoxy) is 1. The van der Waals surface area contributed by atoms with E-state index in [-0.39, 0.29) is 16.4 Å². The second-order valence-corrected chi connectivity index (χ2v) is 6.59. The van der Waals surface area contributed by atoms with Crippen LogP contribution in [0.25, 0.3) is 0 Å². The third kappa shape index (κ3) is 4.78. The highest BCUT2D eigenvalue weighted by molar-refractivity contribution is 7.80. The molecule has 28 heavy (non-hydrogen) atoms. The van der Waals surface area contributed by atoms with Crippen LogP contribution in [-0.4, -0.2) is 47.2 Å². The van der Waals surface area contributed by atoms with Gasteiger partial charge in [0.05, 0.1) is 18.1 Å². The van der Waals surface area contributed by atoms with Crippen molar-refractivity contribution in [2.75, 3.05) is 36.5 Å². The first-order valence-electron chi connectivity index (χ1n) is 8.60. The minimum Gasteiger partial charge on any atom is -0.378 e. The number of carbonyl (C=O) groups is 1. The summed E-state index contributed by atoms with van der Waals surface area (Å²) in [4.78, 5) is 29.5. The molecule has 0 saturated carbocycles. The molecule has 1 aliphatic rings. The van der Waals surface area contributed by atoms with Crippen LogP contribution in [0.1, 0.15) is 15.9 Å². The molecule has 2 heterocycles. The number of aryl methyl sites for hydroxylation is 1. The lowest BCUT2D eigenvalue weighted by Crippen LogP contribution is -2.37. The van der Waals surface area contributed by atoms with Gasteiger partial charge in [-0.05, 0) is 49.0 Å². The predicted molar refractivity (Wildman–Crippen MR) is 109 cm³/mol. The fourth-order valence-corrected chi connectivity index (χ4v) is 3.01. The van der Waals surface area contributed by atoms with Crippen LogP contribution in [0.4, 0.5) is 17.2 Å². The summed E-state index contributed by atoms with van der Waals surface area (Å²) in [5, 5.41) is 16.9. The molecule has 0 aliphatic carbocycles. The molecule has 1 aliphatic heterocycles. The van der Waals surface area contributed by atoms with E-state index in [2.05, 4.69) is 15.6 Å². The second-order valence-electron chi connectivity index (χ2n) is 6.19. The molecule has 9 nitrogen and oxygen atoms in total. The molecule has 2 N–H and O–H groups in total. The molecule has 0 unspecified atom stereocenters. The largest absolute Gasteiger partial charge is 0.378 e. The van der Waals surface area contributed by atoms with Gasteiger partial charge < -0.3 is 15.0 Å². The number of nitro groups is 1. The van der Waals surface area contributed by atoms with E-state index in [1.807, 2.05) is 17.9 Å². The van der Waals surface area contributed by atoms with Gasteiger partial charge in [0.1, 0.15) is 11.5 Å². The number of hydrogen-bond acceptors (Lipinski definition) is 7. The fourth-order valence-electron chi connectivity index (χ4n) is 2.81. The van der Waals surface area contributed by atoms with E-state index in [9.17, 15) is 14.9 Å². The Balaban J connectivity index is 1.73. The summed E-state index contributed by atoms with van der Waals surface area (Å²) in [7, 11) is 0. The number of benzene rings is 1. The average Bonchev–Trinajstić information content (AvgIpc) is 2.68. The Kier molecular flexibility index (Phi) is 6.12. The highest BCUT2D eigenvalue weighted by atomic mass is 32.1. The maximum Gasteiger partial charge on any atom is 0.293 e. The monoisotopic (exact) mass is 401 g/mol. The van der Waals surface area contributed by atoms with Crippen molar-refractivity contribution < 1.29 is 14.5 Å². The number of nitrogens with zero attached hydrogens (tertiary/aromatic N) is 3. The maximum absolute atomic E-state index is 12.5. The number of anilines is 2. The van der Waals surface area contributed by atoms with E-state index >= 15 is 0 Å². The fraction of sp³-hybridized carbons (Fsp3) is 0.278. The molecule has 0 spiro atoms. The Morgan fingerprint density at radius 1 is 1.29 bits per heavy atom. The molecule has 146 valence electrons. The maximum atomic E-state index is 12.5. The van der Waals surface area contributed by atoms with Crippen LogP contribution in [-0.2, 0) is 4.74 Å². The Bertz CT molecular complexity index is 915. The molecule has 1 fully saturated rings. The number of nitrogens with one attached hydrogen (secondary N) is 2. The summed E-state index contributed by atoms with van der Waals surface area (Å²) in [6, 6.07) is 7.99. The number of hydrogen-bond donors (Lipinski definition) is 2. The van der Waals surface area contributed by atoms with Crippen molar-refractivity contribution in [1.29, 1.82) is 0 Å². The van der Waals surface area contributed by atoms with Crippen LogP contribution in [0, 0.1) is 17.0 Å². The molecule has 0 bridgehead atoms. The van der Waals surface area contributed by atoms with Crippen LogP contribution in [0.2, 0.25) is 0 Å². The molecule has 1 aromatic carbocycles. The van der Waals surface area contributed by atoms with Crippen LogP contribution in [0.15, 0.2) is 36.5 Å². The van der Waals surface area contributed by atoms with Crippen molar-refractivity contribution in [3.05, 3.63) is 57.8 Å². The topological polar surface area (TPSA) is 110 Å². The summed E-state index contributed by atoms with van der Waals surface area (Å²) >= 11 is 5.13. The number of nitro benzene ring substituents is 1. The summed E-state index contributed by atoms with van der Waals surface area (Å²) in [5.41, 5.74) is 1.47. The summed E-state index contributed by atoms with van der Waals surface area (Å²) in [5.74, 6) is -0.0410. The second kappa shape index (κ2) is 8.72. The van der Waals surface area contributed by atoms with Crippen molar-refractivity contribution in [1.82, 2.24) is 10.3 Å². The van der Waals surface area contributed by atoms with Gasteiger partial charge in [-0.2, -0.15) is 0 Å². The van der Waals surface area contributed by atoms with Gasteiger partial charge in [-0.15, -0.1) is 0 Å². The first-order valence-corrected chi connectivity index (χ1v) is 9.01. The number of rotatable bonds is 4. The number of amides is 1. The molecule has 0 radical (unpaired) electrons. The lowest BCUT2D eigenvalue weighted by Gasteiger charge is -2.28. The van der Waals surface area contributed by atoms with E-state index in [1.165, 1.54) is 6.07 Å². The number of thiocarbonyl (C=S) groups is 1. The minimum atomic E-state index is -0.540. The molecule has 1 aromatic heterocycles. The van der Waals surface area contributed by atoms with Crippen molar-refractivity contribution in [2.45, 2.75) is 6.92 Å². The lowest BCUT2D eigenvalue weighted by molar-refractivity contribution is -0.384. The van der Waals surface area contributed by atoms with Crippen LogP contribution >= 0.6 is 12.2 Å². The standard InChI is InChI=1S/C18H19N5O4S/c1-12-4-5-19-16(10-12)20-18(28)21-17(24)13-2-3-14(15(11-13)23(25)26)22-6-8-27-9-7-22/h2-5,10-11H,6-9H2,1H3,(H2,19,20,21,24,28). The molecule has 2 aromatic rings. The zero-order valence-electron chi connectivity index (χ0n) is 15.2. The first-order chi connectivity index (χ1) is 13.4. The third-order valence-corrected chi connectivity index (χ3v) is 4.37. The Hall–Kier alpha value is -3.11. The van der Waals surface area contributed by atoms with E-state index in [0.29, 0.717) is 37.8 Å². The number of morpholine rings is 1. The first kappa shape index (κ1) is 19.6. The minimum absolute atomic E-state index is 0.0583. The van der Waals surface area contributed by atoms with Crippen LogP contribution in [0.3, 0.4) is 0 Å².